The van der Waals surface area contributed by atoms with Crippen LogP contribution in [-0.4, -0.2) is 26.2 Å². The van der Waals surface area contributed by atoms with E-state index in [1.165, 1.54) is 0 Å². The molecule has 0 fully saturated rings. The molecular weight excluding hydrogens is 288 g/mol. The van der Waals surface area contributed by atoms with E-state index in [0.29, 0.717) is 12.2 Å². The zero-order valence-electron chi connectivity index (χ0n) is 11.7. The first-order valence-corrected chi connectivity index (χ1v) is 7.48. The second kappa shape index (κ2) is 5.65. The number of hydrogen-bond donors (Lipinski definition) is 1. The Morgan fingerprint density at radius 3 is 3.05 bits per heavy atom. The average Bonchev–Trinajstić information content (AvgIpc) is 2.96. The highest BCUT2D eigenvalue weighted by Crippen LogP contribution is 2.36. The van der Waals surface area contributed by atoms with Gasteiger partial charge in [-0.3, -0.25) is 4.79 Å². The molecule has 2 N–H and O–H groups in total. The summed E-state index contributed by atoms with van der Waals surface area (Å²) in [6, 6.07) is 7.63. The van der Waals surface area contributed by atoms with Crippen LogP contribution in [0.2, 0.25) is 0 Å². The third-order valence-electron chi connectivity index (χ3n) is 3.41. The van der Waals surface area contributed by atoms with Crippen LogP contribution < -0.4 is 20.1 Å². The Hall–Kier alpha value is -2.21. The van der Waals surface area contributed by atoms with Gasteiger partial charge in [0.15, 0.2) is 0 Å². The van der Waals surface area contributed by atoms with E-state index in [-0.39, 0.29) is 5.91 Å². The molecule has 2 heterocycles. The van der Waals surface area contributed by atoms with Crippen LogP contribution in [0, 0.1) is 0 Å². The van der Waals surface area contributed by atoms with Gasteiger partial charge in [0.25, 0.3) is 0 Å². The summed E-state index contributed by atoms with van der Waals surface area (Å²) >= 11 is 1.54. The number of carbonyl (C=O) groups excluding carboxylic acids is 1. The molecule has 2 aromatic rings. The molecule has 6 heteroatoms. The van der Waals surface area contributed by atoms with Crippen molar-refractivity contribution in [2.24, 2.45) is 5.73 Å². The number of ether oxygens (including phenoxy) is 2. The van der Waals surface area contributed by atoms with Crippen LogP contribution in [0.1, 0.15) is 15.2 Å². The van der Waals surface area contributed by atoms with E-state index >= 15 is 0 Å². The van der Waals surface area contributed by atoms with Gasteiger partial charge in [-0.25, -0.2) is 0 Å². The molecular formula is C15H16N2O3S. The summed E-state index contributed by atoms with van der Waals surface area (Å²) in [5.74, 6) is 1.27. The fraction of sp³-hybridized carbons (Fsp3) is 0.267. The van der Waals surface area contributed by atoms with Gasteiger partial charge in [-0.05, 0) is 18.2 Å². The van der Waals surface area contributed by atoms with Crippen LogP contribution in [0.5, 0.6) is 11.5 Å². The number of rotatable bonds is 4. The Kier molecular flexibility index (Phi) is 3.70. The fourth-order valence-electron chi connectivity index (χ4n) is 2.32. The van der Waals surface area contributed by atoms with Crippen LogP contribution in [0.25, 0.3) is 0 Å². The summed E-state index contributed by atoms with van der Waals surface area (Å²) < 4.78 is 10.9. The molecule has 0 spiro atoms. The van der Waals surface area contributed by atoms with Crippen molar-refractivity contribution in [1.29, 1.82) is 0 Å². The molecule has 1 aromatic carbocycles. The average molecular weight is 304 g/mol. The number of thiophene rings is 1. The van der Waals surface area contributed by atoms with Crippen LogP contribution in [0.4, 0.5) is 5.69 Å². The highest BCUT2D eigenvalue weighted by Gasteiger charge is 2.20. The Morgan fingerprint density at radius 2 is 2.33 bits per heavy atom. The second-order valence-corrected chi connectivity index (χ2v) is 5.77. The van der Waals surface area contributed by atoms with E-state index in [1.54, 1.807) is 23.8 Å². The Morgan fingerprint density at radius 1 is 1.48 bits per heavy atom. The van der Waals surface area contributed by atoms with Crippen molar-refractivity contribution in [3.8, 4) is 11.5 Å². The van der Waals surface area contributed by atoms with Gasteiger partial charge in [-0.1, -0.05) is 0 Å². The number of methoxy groups -OCH3 is 1. The van der Waals surface area contributed by atoms with Crippen molar-refractivity contribution < 1.29 is 14.3 Å². The lowest BCUT2D eigenvalue weighted by molar-refractivity contribution is 0.100. The van der Waals surface area contributed by atoms with Crippen LogP contribution in [0.15, 0.2) is 29.6 Å². The third-order valence-corrected chi connectivity index (χ3v) is 4.33. The molecule has 0 unspecified atom stereocenters. The lowest BCUT2D eigenvalue weighted by Gasteiger charge is -2.31. The number of carbonyl (C=O) groups is 1. The predicted molar refractivity (Wildman–Crippen MR) is 82.4 cm³/mol. The van der Waals surface area contributed by atoms with E-state index < -0.39 is 0 Å². The van der Waals surface area contributed by atoms with Crippen LogP contribution in [-0.2, 0) is 6.54 Å². The maximum Gasteiger partial charge on any atom is 0.249 e. The Bertz CT molecular complexity index is 669. The Labute approximate surface area is 126 Å². The minimum Gasteiger partial charge on any atom is -0.497 e. The first-order valence-electron chi connectivity index (χ1n) is 6.60. The number of hydrogen-bond acceptors (Lipinski definition) is 5. The smallest absolute Gasteiger partial charge is 0.249 e. The molecule has 0 bridgehead atoms. The minimum absolute atomic E-state index is 0.387. The number of nitrogens with two attached hydrogens (primary N) is 1. The van der Waals surface area contributed by atoms with Gasteiger partial charge in [0.1, 0.15) is 18.1 Å². The molecule has 0 radical (unpaired) electrons. The van der Waals surface area contributed by atoms with Crippen molar-refractivity contribution in [1.82, 2.24) is 0 Å². The van der Waals surface area contributed by atoms with Crippen molar-refractivity contribution in [3.63, 3.8) is 0 Å². The molecule has 1 aliphatic heterocycles. The zero-order chi connectivity index (χ0) is 14.8. The van der Waals surface area contributed by atoms with Crippen molar-refractivity contribution in [2.45, 2.75) is 6.54 Å². The van der Waals surface area contributed by atoms with E-state index in [9.17, 15) is 4.79 Å². The van der Waals surface area contributed by atoms with Gasteiger partial charge in [0.05, 0.1) is 31.5 Å². The first-order chi connectivity index (χ1) is 10.2. The Balaban J connectivity index is 1.85. The SMILES string of the molecule is COc1ccc2c(c1)N(Cc1cc(C(N)=O)cs1)CCO2. The van der Waals surface area contributed by atoms with Gasteiger partial charge in [0.2, 0.25) is 5.91 Å². The van der Waals surface area contributed by atoms with E-state index in [0.717, 1.165) is 35.2 Å². The number of fused-ring (bicyclic) bond motifs is 1. The minimum atomic E-state index is -0.387. The molecule has 0 saturated carbocycles. The molecule has 0 aliphatic carbocycles. The monoisotopic (exact) mass is 304 g/mol. The zero-order valence-corrected chi connectivity index (χ0v) is 12.5. The second-order valence-electron chi connectivity index (χ2n) is 4.77. The largest absolute Gasteiger partial charge is 0.497 e. The topological polar surface area (TPSA) is 64.8 Å². The van der Waals surface area contributed by atoms with Crippen molar-refractivity contribution in [3.05, 3.63) is 40.1 Å². The molecule has 110 valence electrons. The van der Waals surface area contributed by atoms with Crippen LogP contribution >= 0.6 is 11.3 Å². The number of benzene rings is 1. The van der Waals surface area contributed by atoms with Gasteiger partial charge >= 0.3 is 0 Å². The molecule has 1 aliphatic rings. The predicted octanol–water partition coefficient (Wildman–Crippen LogP) is 2.25. The molecule has 1 aromatic heterocycles. The number of anilines is 1. The molecule has 3 rings (SSSR count). The summed E-state index contributed by atoms with van der Waals surface area (Å²) in [7, 11) is 1.65. The summed E-state index contributed by atoms with van der Waals surface area (Å²) in [6.45, 7) is 2.17. The van der Waals surface area contributed by atoms with E-state index in [4.69, 9.17) is 15.2 Å². The highest BCUT2D eigenvalue weighted by atomic mass is 32.1. The fourth-order valence-corrected chi connectivity index (χ4v) is 3.21. The summed E-state index contributed by atoms with van der Waals surface area (Å²) in [5.41, 5.74) is 6.87. The lowest BCUT2D eigenvalue weighted by atomic mass is 10.2. The van der Waals surface area contributed by atoms with Gasteiger partial charge in [-0.2, -0.15) is 0 Å². The molecule has 5 nitrogen and oxygen atoms in total. The number of primary amides is 1. The van der Waals surface area contributed by atoms with Gasteiger partial charge in [0, 0.05) is 16.3 Å². The van der Waals surface area contributed by atoms with Crippen molar-refractivity contribution in [2.75, 3.05) is 25.2 Å². The number of nitrogens with zero attached hydrogens (tertiary/aromatic N) is 1. The van der Waals surface area contributed by atoms with Gasteiger partial charge in [-0.15, -0.1) is 11.3 Å². The third kappa shape index (κ3) is 2.80. The van der Waals surface area contributed by atoms with Crippen LogP contribution in [0.3, 0.4) is 0 Å². The van der Waals surface area contributed by atoms with Crippen molar-refractivity contribution >= 4 is 22.9 Å². The standard InChI is InChI=1S/C15H16N2O3S/c1-19-11-2-3-14-13(7-11)17(4-5-20-14)8-12-6-10(9-21-12)15(16)18/h2-3,6-7,9H,4-5,8H2,1H3,(H2,16,18). The normalized spacial score (nSPS) is 13.5. The molecule has 0 atom stereocenters. The van der Waals surface area contributed by atoms with E-state index in [2.05, 4.69) is 4.90 Å². The maximum absolute atomic E-state index is 11.2. The van der Waals surface area contributed by atoms with Gasteiger partial charge < -0.3 is 20.1 Å². The molecule has 0 saturated heterocycles. The summed E-state index contributed by atoms with van der Waals surface area (Å²) in [5, 5.41) is 1.80. The molecule has 1 amide bonds. The first kappa shape index (κ1) is 13.8. The highest BCUT2D eigenvalue weighted by molar-refractivity contribution is 7.10. The van der Waals surface area contributed by atoms with E-state index in [1.807, 2.05) is 24.3 Å². The molecule has 21 heavy (non-hydrogen) atoms. The number of amides is 1. The lowest BCUT2D eigenvalue weighted by Crippen LogP contribution is -2.31. The quantitative estimate of drug-likeness (QED) is 0.941. The summed E-state index contributed by atoms with van der Waals surface area (Å²) in [4.78, 5) is 14.5. The maximum atomic E-state index is 11.2. The summed E-state index contributed by atoms with van der Waals surface area (Å²) in [6.07, 6.45) is 0.